The lowest BCUT2D eigenvalue weighted by molar-refractivity contribution is -0.140. The van der Waals surface area contributed by atoms with E-state index >= 15 is 0 Å². The Bertz CT molecular complexity index is 1480. The highest BCUT2D eigenvalue weighted by atomic mass is 35.5. The first-order valence-corrected chi connectivity index (χ1v) is 15.5. The molecule has 3 aromatic carbocycles. The zero-order valence-corrected chi connectivity index (χ0v) is 24.8. The van der Waals surface area contributed by atoms with Gasteiger partial charge >= 0.3 is 0 Å². The molecule has 0 aliphatic carbocycles. The lowest BCUT2D eigenvalue weighted by Crippen LogP contribution is -2.54. The Hall–Kier alpha value is -3.76. The molecule has 41 heavy (non-hydrogen) atoms. The molecule has 0 unspecified atom stereocenters. The van der Waals surface area contributed by atoms with Crippen LogP contribution >= 0.6 is 11.6 Å². The SMILES string of the molecule is CC[C@@H](C)NC(=O)[C@H](Cc1ccccc1)N(Cc1cccc(Cl)c1)C(=O)CN(c1ccc2c(c1)OCO2)S(C)(=O)=O. The van der Waals surface area contributed by atoms with Gasteiger partial charge < -0.3 is 19.7 Å². The number of carbonyl (C=O) groups excluding carboxylic acids is 2. The Kier molecular flexibility index (Phi) is 9.77. The number of anilines is 1. The Morgan fingerprint density at radius 1 is 0.976 bits per heavy atom. The molecule has 1 aliphatic rings. The van der Waals surface area contributed by atoms with Gasteiger partial charge in [-0.25, -0.2) is 8.42 Å². The summed E-state index contributed by atoms with van der Waals surface area (Å²) >= 11 is 6.25. The Balaban J connectivity index is 1.73. The summed E-state index contributed by atoms with van der Waals surface area (Å²) in [5.41, 5.74) is 1.81. The number of rotatable bonds is 12. The summed E-state index contributed by atoms with van der Waals surface area (Å²) < 4.78 is 37.7. The lowest BCUT2D eigenvalue weighted by Gasteiger charge is -2.34. The maximum Gasteiger partial charge on any atom is 0.244 e. The monoisotopic (exact) mass is 599 g/mol. The number of nitrogens with zero attached hydrogens (tertiary/aromatic N) is 2. The molecule has 1 aliphatic heterocycles. The Morgan fingerprint density at radius 3 is 2.37 bits per heavy atom. The summed E-state index contributed by atoms with van der Waals surface area (Å²) in [6.07, 6.45) is 1.97. The number of halogens is 1. The van der Waals surface area contributed by atoms with Crippen molar-refractivity contribution in [1.82, 2.24) is 10.2 Å². The van der Waals surface area contributed by atoms with Crippen LogP contribution in [0, 0.1) is 0 Å². The highest BCUT2D eigenvalue weighted by molar-refractivity contribution is 7.92. The number of sulfonamides is 1. The van der Waals surface area contributed by atoms with Crippen molar-refractivity contribution in [3.8, 4) is 11.5 Å². The van der Waals surface area contributed by atoms with E-state index in [9.17, 15) is 18.0 Å². The van der Waals surface area contributed by atoms with Crippen molar-refractivity contribution in [2.24, 2.45) is 0 Å². The van der Waals surface area contributed by atoms with Crippen LogP contribution in [0.5, 0.6) is 11.5 Å². The molecule has 0 saturated heterocycles. The number of nitrogens with one attached hydrogen (secondary N) is 1. The molecule has 3 aromatic rings. The van der Waals surface area contributed by atoms with Crippen molar-refractivity contribution in [1.29, 1.82) is 0 Å². The fourth-order valence-corrected chi connectivity index (χ4v) is 5.54. The van der Waals surface area contributed by atoms with Crippen LogP contribution in [0.3, 0.4) is 0 Å². The van der Waals surface area contributed by atoms with Crippen molar-refractivity contribution in [3.05, 3.63) is 88.9 Å². The fraction of sp³-hybridized carbons (Fsp3) is 0.333. The van der Waals surface area contributed by atoms with Crippen LogP contribution in [-0.4, -0.2) is 56.8 Å². The first-order chi connectivity index (χ1) is 19.5. The van der Waals surface area contributed by atoms with Crippen molar-refractivity contribution < 1.29 is 27.5 Å². The van der Waals surface area contributed by atoms with Crippen LogP contribution in [-0.2, 0) is 32.6 Å². The van der Waals surface area contributed by atoms with Crippen LogP contribution in [0.15, 0.2) is 72.8 Å². The van der Waals surface area contributed by atoms with Gasteiger partial charge in [0.25, 0.3) is 0 Å². The number of ether oxygens (including phenoxy) is 2. The van der Waals surface area contributed by atoms with Crippen molar-refractivity contribution in [2.75, 3.05) is 23.9 Å². The third kappa shape index (κ3) is 7.92. The molecule has 0 saturated carbocycles. The molecule has 0 fully saturated rings. The van der Waals surface area contributed by atoms with E-state index in [2.05, 4.69) is 5.32 Å². The van der Waals surface area contributed by atoms with Gasteiger partial charge in [-0.3, -0.25) is 13.9 Å². The van der Waals surface area contributed by atoms with Crippen molar-refractivity contribution in [2.45, 2.75) is 45.3 Å². The predicted molar refractivity (Wildman–Crippen MR) is 159 cm³/mol. The zero-order valence-electron chi connectivity index (χ0n) is 23.2. The second kappa shape index (κ2) is 13.3. The van der Waals surface area contributed by atoms with Gasteiger partial charge in [0, 0.05) is 30.1 Å². The van der Waals surface area contributed by atoms with E-state index in [0.717, 1.165) is 16.1 Å². The first-order valence-electron chi connectivity index (χ1n) is 13.3. The number of benzene rings is 3. The quantitative estimate of drug-likeness (QED) is 0.331. The van der Waals surface area contributed by atoms with Gasteiger partial charge in [-0.15, -0.1) is 0 Å². The average Bonchev–Trinajstić information content (AvgIpc) is 3.41. The highest BCUT2D eigenvalue weighted by Gasteiger charge is 2.34. The second-order valence-corrected chi connectivity index (χ2v) is 12.3. The average molecular weight is 600 g/mol. The first kappa shape index (κ1) is 30.2. The molecule has 2 atom stereocenters. The van der Waals surface area contributed by atoms with Gasteiger partial charge in [0.1, 0.15) is 12.6 Å². The third-order valence-corrected chi connectivity index (χ3v) is 8.21. The minimum Gasteiger partial charge on any atom is -0.454 e. The van der Waals surface area contributed by atoms with Gasteiger partial charge in [-0.05, 0) is 48.7 Å². The zero-order chi connectivity index (χ0) is 29.6. The lowest BCUT2D eigenvalue weighted by atomic mass is 10.0. The fourth-order valence-electron chi connectivity index (χ4n) is 4.48. The number of fused-ring (bicyclic) bond motifs is 1. The topological polar surface area (TPSA) is 105 Å². The van der Waals surface area contributed by atoms with Gasteiger partial charge in [0.2, 0.25) is 28.6 Å². The summed E-state index contributed by atoms with van der Waals surface area (Å²) in [4.78, 5) is 29.3. The molecule has 0 radical (unpaired) electrons. The molecular formula is C30H34ClN3O6S. The van der Waals surface area contributed by atoms with Crippen LogP contribution in [0.4, 0.5) is 5.69 Å². The van der Waals surface area contributed by atoms with Gasteiger partial charge in [-0.1, -0.05) is 61.0 Å². The smallest absolute Gasteiger partial charge is 0.244 e. The number of hydrogen-bond acceptors (Lipinski definition) is 6. The van der Waals surface area contributed by atoms with Crippen LogP contribution in [0.1, 0.15) is 31.4 Å². The highest BCUT2D eigenvalue weighted by Crippen LogP contribution is 2.36. The largest absolute Gasteiger partial charge is 0.454 e. The van der Waals surface area contributed by atoms with Gasteiger partial charge in [0.15, 0.2) is 11.5 Å². The molecule has 0 aromatic heterocycles. The van der Waals surface area contributed by atoms with Gasteiger partial charge in [0.05, 0.1) is 11.9 Å². The molecule has 218 valence electrons. The van der Waals surface area contributed by atoms with Gasteiger partial charge in [-0.2, -0.15) is 0 Å². The third-order valence-electron chi connectivity index (χ3n) is 6.84. The molecule has 9 nitrogen and oxygen atoms in total. The van der Waals surface area contributed by atoms with E-state index in [1.807, 2.05) is 50.2 Å². The summed E-state index contributed by atoms with van der Waals surface area (Å²) in [6, 6.07) is 20.0. The number of hydrogen-bond donors (Lipinski definition) is 1. The maximum atomic E-state index is 14.1. The summed E-state index contributed by atoms with van der Waals surface area (Å²) in [6.45, 7) is 3.40. The number of carbonyl (C=O) groups is 2. The minimum absolute atomic E-state index is 0.0243. The van der Waals surface area contributed by atoms with E-state index in [1.54, 1.807) is 30.3 Å². The van der Waals surface area contributed by atoms with Crippen LogP contribution in [0.25, 0.3) is 0 Å². The van der Waals surface area contributed by atoms with E-state index in [0.29, 0.717) is 28.5 Å². The number of amides is 2. The molecule has 0 bridgehead atoms. The molecule has 2 amide bonds. The Labute approximate surface area is 246 Å². The maximum absolute atomic E-state index is 14.1. The normalized spacial score (nSPS) is 13.8. The molecule has 1 heterocycles. The van der Waals surface area contributed by atoms with Crippen LogP contribution < -0.4 is 19.1 Å². The molecule has 4 rings (SSSR count). The van der Waals surface area contributed by atoms with Crippen molar-refractivity contribution >= 4 is 39.1 Å². The standard InChI is InChI=1S/C30H34ClN3O6S/c1-4-21(2)32-30(36)26(16-22-9-6-5-7-10-22)33(18-23-11-8-12-24(31)15-23)29(35)19-34(41(3,37)38)25-13-14-27-28(17-25)40-20-39-27/h5-15,17,21,26H,4,16,18-20H2,1-3H3,(H,32,36)/t21-,26+/m1/s1. The van der Waals surface area contributed by atoms with E-state index < -0.39 is 28.5 Å². The molecule has 1 N–H and O–H groups in total. The van der Waals surface area contributed by atoms with Crippen LogP contribution in [0.2, 0.25) is 5.02 Å². The molecule has 11 heteroatoms. The van der Waals surface area contributed by atoms with E-state index in [-0.39, 0.29) is 37.4 Å². The van der Waals surface area contributed by atoms with E-state index in [1.165, 1.54) is 11.0 Å². The molecule has 0 spiro atoms. The summed E-state index contributed by atoms with van der Waals surface area (Å²) in [5, 5.41) is 3.49. The molecular weight excluding hydrogens is 566 g/mol. The predicted octanol–water partition coefficient (Wildman–Crippen LogP) is 4.39. The summed E-state index contributed by atoms with van der Waals surface area (Å²) in [5.74, 6) is -0.00381. The van der Waals surface area contributed by atoms with E-state index in [4.69, 9.17) is 21.1 Å². The summed E-state index contributed by atoms with van der Waals surface area (Å²) in [7, 11) is -3.90. The minimum atomic E-state index is -3.90. The second-order valence-electron chi connectivity index (χ2n) is 9.98. The van der Waals surface area contributed by atoms with Crippen molar-refractivity contribution in [3.63, 3.8) is 0 Å². The Morgan fingerprint density at radius 2 is 1.68 bits per heavy atom.